The Kier molecular flexibility index (Phi) is 7.62. The Bertz CT molecular complexity index is 1560. The molecule has 1 aromatic carbocycles. The van der Waals surface area contributed by atoms with Gasteiger partial charge < -0.3 is 20.2 Å². The maximum absolute atomic E-state index is 14.1. The van der Waals surface area contributed by atoms with E-state index < -0.39 is 82.8 Å². The van der Waals surface area contributed by atoms with Crippen molar-refractivity contribution in [1.82, 2.24) is 20.1 Å². The predicted octanol–water partition coefficient (Wildman–Crippen LogP) is 6.29. The maximum atomic E-state index is 14.1. The number of halogens is 9. The van der Waals surface area contributed by atoms with Gasteiger partial charge in [-0.15, -0.1) is 10.2 Å². The zero-order valence-corrected chi connectivity index (χ0v) is 22.6. The molecule has 1 fully saturated rings. The summed E-state index contributed by atoms with van der Waals surface area (Å²) in [4.78, 5) is 18.3. The number of rotatable bonds is 3. The van der Waals surface area contributed by atoms with Crippen molar-refractivity contribution in [3.05, 3.63) is 58.6 Å². The molecule has 17 heteroatoms. The third-order valence-corrected chi connectivity index (χ3v) is 7.91. The van der Waals surface area contributed by atoms with Gasteiger partial charge in [-0.25, -0.2) is 4.98 Å². The molecule has 1 aliphatic carbocycles. The molecule has 1 aliphatic heterocycles. The lowest BCUT2D eigenvalue weighted by Gasteiger charge is -2.28. The second-order valence-electron chi connectivity index (χ2n) is 10.9. The summed E-state index contributed by atoms with van der Waals surface area (Å²) < 4.78 is 130. The monoisotopic (exact) mass is 637 g/mol. The van der Waals surface area contributed by atoms with Gasteiger partial charge in [0.1, 0.15) is 5.69 Å². The minimum atomic E-state index is -5.28. The highest BCUT2D eigenvalue weighted by Crippen LogP contribution is 2.59. The molecule has 2 aromatic heterocycles. The lowest BCUT2D eigenvalue weighted by atomic mass is 9.93. The summed E-state index contributed by atoms with van der Waals surface area (Å²) in [5.41, 5.74) is -4.03. The van der Waals surface area contributed by atoms with Crippen LogP contribution in [0.5, 0.6) is 0 Å². The number of amides is 1. The minimum Gasteiger partial charge on any atom is -0.416 e. The molecule has 3 aromatic rings. The van der Waals surface area contributed by atoms with Crippen molar-refractivity contribution < 1.29 is 53.8 Å². The molecule has 44 heavy (non-hydrogen) atoms. The van der Waals surface area contributed by atoms with Gasteiger partial charge in [0.15, 0.2) is 5.69 Å². The summed E-state index contributed by atoms with van der Waals surface area (Å²) in [5.74, 6) is -3.41. The van der Waals surface area contributed by atoms with Crippen molar-refractivity contribution in [3.8, 4) is 11.6 Å². The second kappa shape index (κ2) is 10.6. The maximum Gasteiger partial charge on any atom is 0.426 e. The molecule has 1 unspecified atom stereocenters. The Morgan fingerprint density at radius 3 is 2.23 bits per heavy atom. The lowest BCUT2D eigenvalue weighted by Crippen LogP contribution is -2.42. The van der Waals surface area contributed by atoms with Gasteiger partial charge in [-0.3, -0.25) is 4.79 Å². The van der Waals surface area contributed by atoms with E-state index in [1.54, 1.807) is 0 Å². The van der Waals surface area contributed by atoms with Crippen molar-refractivity contribution in [3.63, 3.8) is 0 Å². The zero-order chi connectivity index (χ0) is 32.3. The Balaban J connectivity index is 1.59. The van der Waals surface area contributed by atoms with E-state index in [1.807, 2.05) is 0 Å². The Labute approximate surface area is 243 Å². The van der Waals surface area contributed by atoms with Crippen molar-refractivity contribution in [2.45, 2.75) is 74.6 Å². The standard InChI is InChI=1S/C27H24F9N5O3/c28-25(29,30)16-12-17(37)19-20-39-40-22(44-20)24(43,27(34,35)36)7-2-1-3-10-41(21(42)18(16)38-19)13-14-5-4-6-15(11-14)23(8-9-23)26(31,32)33/h4-6,11-12,43H,1-3,7-10,13,37H2. The molecule has 1 atom stereocenters. The number of hydrogen-bond acceptors (Lipinski definition) is 7. The third kappa shape index (κ3) is 5.57. The van der Waals surface area contributed by atoms with Crippen LogP contribution < -0.4 is 5.73 Å². The van der Waals surface area contributed by atoms with Crippen molar-refractivity contribution >= 4 is 11.6 Å². The van der Waals surface area contributed by atoms with Crippen LogP contribution in [0, 0.1) is 0 Å². The number of anilines is 1. The number of alkyl halides is 9. The number of aliphatic hydroxyl groups is 1. The first kappa shape index (κ1) is 31.5. The van der Waals surface area contributed by atoms with Gasteiger partial charge in [0, 0.05) is 13.1 Å². The molecule has 1 saturated carbocycles. The van der Waals surface area contributed by atoms with E-state index in [4.69, 9.17) is 10.2 Å². The Hall–Kier alpha value is -3.89. The molecule has 0 spiro atoms. The first-order valence-electron chi connectivity index (χ1n) is 13.3. The summed E-state index contributed by atoms with van der Waals surface area (Å²) in [6.07, 6.45) is -16.5. The highest BCUT2D eigenvalue weighted by molar-refractivity contribution is 5.95. The average Bonchev–Trinajstić information content (AvgIpc) is 3.61. The van der Waals surface area contributed by atoms with E-state index in [9.17, 15) is 49.4 Å². The van der Waals surface area contributed by atoms with Crippen molar-refractivity contribution in [2.75, 3.05) is 12.3 Å². The molecule has 0 radical (unpaired) electrons. The van der Waals surface area contributed by atoms with Gasteiger partial charge in [-0.2, -0.15) is 39.5 Å². The molecular formula is C27H24F9N5O3. The fourth-order valence-electron chi connectivity index (χ4n) is 5.25. The van der Waals surface area contributed by atoms with Crippen LogP contribution in [0.1, 0.15) is 71.6 Å². The van der Waals surface area contributed by atoms with E-state index in [-0.39, 0.29) is 49.8 Å². The molecule has 5 rings (SSSR count). The van der Waals surface area contributed by atoms with E-state index in [2.05, 4.69) is 15.2 Å². The largest absolute Gasteiger partial charge is 0.426 e. The van der Waals surface area contributed by atoms with Gasteiger partial charge in [-0.1, -0.05) is 30.7 Å². The molecular weight excluding hydrogens is 613 g/mol. The smallest absolute Gasteiger partial charge is 0.416 e. The molecule has 4 bridgehead atoms. The van der Waals surface area contributed by atoms with E-state index in [0.717, 1.165) is 4.90 Å². The lowest BCUT2D eigenvalue weighted by molar-refractivity contribution is -0.277. The SMILES string of the molecule is Nc1cc(C(F)(F)F)c2nc1-c1nnc(o1)C(O)(C(F)(F)F)CCCCCN(Cc1cccc(C3(C(F)(F)F)CC3)c1)C2=O. The van der Waals surface area contributed by atoms with Crippen LogP contribution in [0.2, 0.25) is 0 Å². The Morgan fingerprint density at radius 2 is 1.61 bits per heavy atom. The zero-order valence-electron chi connectivity index (χ0n) is 22.6. The van der Waals surface area contributed by atoms with E-state index >= 15 is 0 Å². The molecule has 3 N–H and O–H groups in total. The molecule has 238 valence electrons. The Morgan fingerprint density at radius 1 is 0.909 bits per heavy atom. The number of carbonyl (C=O) groups excluding carboxylic acids is 1. The van der Waals surface area contributed by atoms with Gasteiger partial charge in [0.05, 0.1) is 16.7 Å². The normalized spacial score (nSPS) is 21.2. The number of hydrogen-bond donors (Lipinski definition) is 2. The number of fused-ring (bicyclic) bond motifs is 5. The van der Waals surface area contributed by atoms with Crippen LogP contribution in [0.25, 0.3) is 11.6 Å². The number of pyridine rings is 1. The third-order valence-electron chi connectivity index (χ3n) is 7.91. The van der Waals surface area contributed by atoms with Crippen LogP contribution in [0.15, 0.2) is 34.7 Å². The summed E-state index contributed by atoms with van der Waals surface area (Å²) in [5, 5.41) is 17.2. The molecule has 2 aliphatic rings. The number of nitrogens with zero attached hydrogens (tertiary/aromatic N) is 4. The number of benzene rings is 1. The van der Waals surface area contributed by atoms with Crippen LogP contribution in [0.3, 0.4) is 0 Å². The van der Waals surface area contributed by atoms with Gasteiger partial charge in [-0.05, 0) is 49.3 Å². The first-order valence-corrected chi connectivity index (χ1v) is 13.3. The quantitative estimate of drug-likeness (QED) is 0.324. The predicted molar refractivity (Wildman–Crippen MR) is 134 cm³/mol. The fourth-order valence-corrected chi connectivity index (χ4v) is 5.25. The minimum absolute atomic E-state index is 0.0348. The topological polar surface area (TPSA) is 118 Å². The molecule has 3 heterocycles. The highest BCUT2D eigenvalue weighted by atomic mass is 19.4. The number of nitrogens with two attached hydrogens (primary N) is 1. The van der Waals surface area contributed by atoms with E-state index in [0.29, 0.717) is 6.07 Å². The summed E-state index contributed by atoms with van der Waals surface area (Å²) in [6, 6.07) is 5.61. The van der Waals surface area contributed by atoms with Crippen LogP contribution in [-0.2, 0) is 23.7 Å². The van der Waals surface area contributed by atoms with Crippen molar-refractivity contribution in [2.24, 2.45) is 0 Å². The number of aromatic nitrogens is 3. The fraction of sp³-hybridized carbons (Fsp3) is 0.481. The first-order chi connectivity index (χ1) is 20.4. The molecule has 8 nitrogen and oxygen atoms in total. The van der Waals surface area contributed by atoms with Crippen LogP contribution in [0.4, 0.5) is 45.2 Å². The number of carbonyl (C=O) groups is 1. The van der Waals surface area contributed by atoms with Gasteiger partial charge in [0.25, 0.3) is 17.7 Å². The van der Waals surface area contributed by atoms with Gasteiger partial charge in [0.2, 0.25) is 5.60 Å². The van der Waals surface area contributed by atoms with Crippen LogP contribution >= 0.6 is 0 Å². The van der Waals surface area contributed by atoms with Crippen molar-refractivity contribution in [1.29, 1.82) is 0 Å². The van der Waals surface area contributed by atoms with Crippen LogP contribution in [-0.4, -0.2) is 50.0 Å². The molecule has 0 saturated heterocycles. The number of nitrogen functional groups attached to an aromatic ring is 1. The summed E-state index contributed by atoms with van der Waals surface area (Å²) in [7, 11) is 0. The second-order valence-corrected chi connectivity index (χ2v) is 10.9. The summed E-state index contributed by atoms with van der Waals surface area (Å²) in [6.45, 7) is -0.731. The summed E-state index contributed by atoms with van der Waals surface area (Å²) >= 11 is 0. The molecule has 1 amide bonds. The highest BCUT2D eigenvalue weighted by Gasteiger charge is 2.64. The van der Waals surface area contributed by atoms with E-state index in [1.165, 1.54) is 24.3 Å². The van der Waals surface area contributed by atoms with Gasteiger partial charge >= 0.3 is 18.5 Å². The average molecular weight is 638 g/mol.